The SMILES string of the molecule is C=Cc1snc(-c2ccc(CC)cc2)c1COc1ccc(CCC(=O)OCC)c(C)c1C. The van der Waals surface area contributed by atoms with Crippen molar-refractivity contribution in [2.75, 3.05) is 6.61 Å². The summed E-state index contributed by atoms with van der Waals surface area (Å²) in [6.07, 6.45) is 3.91. The lowest BCUT2D eigenvalue weighted by atomic mass is 9.99. The summed E-state index contributed by atoms with van der Waals surface area (Å²) >= 11 is 1.45. The zero-order chi connectivity index (χ0) is 23.1. The lowest BCUT2D eigenvalue weighted by Gasteiger charge is -2.15. The van der Waals surface area contributed by atoms with Crippen LogP contribution < -0.4 is 4.74 Å². The molecule has 0 bridgehead atoms. The molecule has 0 amide bonds. The minimum absolute atomic E-state index is 0.161. The van der Waals surface area contributed by atoms with Crippen LogP contribution in [0.15, 0.2) is 43.0 Å². The highest BCUT2D eigenvalue weighted by molar-refractivity contribution is 7.07. The molecule has 0 saturated carbocycles. The first-order valence-corrected chi connectivity index (χ1v) is 11.8. The van der Waals surface area contributed by atoms with Gasteiger partial charge in [-0.1, -0.05) is 49.9 Å². The third-order valence-corrected chi connectivity index (χ3v) is 6.65. The molecule has 4 nitrogen and oxygen atoms in total. The number of benzene rings is 2. The van der Waals surface area contributed by atoms with E-state index in [-0.39, 0.29) is 5.97 Å². The average molecular weight is 450 g/mol. The second-order valence-corrected chi connectivity index (χ2v) is 8.50. The fraction of sp³-hybridized carbons (Fsp3) is 0.333. The van der Waals surface area contributed by atoms with E-state index in [1.807, 2.05) is 25.1 Å². The van der Waals surface area contributed by atoms with Crippen molar-refractivity contribution >= 4 is 23.6 Å². The van der Waals surface area contributed by atoms with E-state index in [9.17, 15) is 4.79 Å². The predicted molar refractivity (Wildman–Crippen MR) is 132 cm³/mol. The molecule has 0 aliphatic heterocycles. The van der Waals surface area contributed by atoms with Crippen molar-refractivity contribution in [3.05, 3.63) is 75.7 Å². The van der Waals surface area contributed by atoms with Crippen molar-refractivity contribution < 1.29 is 14.3 Å². The molecule has 0 aliphatic carbocycles. The summed E-state index contributed by atoms with van der Waals surface area (Å²) in [5.74, 6) is 0.683. The maximum Gasteiger partial charge on any atom is 0.306 e. The number of esters is 1. The van der Waals surface area contributed by atoms with Crippen molar-refractivity contribution in [2.24, 2.45) is 0 Å². The lowest BCUT2D eigenvalue weighted by molar-refractivity contribution is -0.143. The van der Waals surface area contributed by atoms with Crippen LogP contribution in [0.5, 0.6) is 5.75 Å². The van der Waals surface area contributed by atoms with Crippen LogP contribution in [0.3, 0.4) is 0 Å². The first kappa shape index (κ1) is 23.7. The molecule has 0 aliphatic rings. The number of carbonyl (C=O) groups is 1. The third-order valence-electron chi connectivity index (χ3n) is 5.77. The van der Waals surface area contributed by atoms with Crippen molar-refractivity contribution in [2.45, 2.75) is 53.6 Å². The van der Waals surface area contributed by atoms with Gasteiger partial charge in [-0.3, -0.25) is 4.79 Å². The fourth-order valence-electron chi connectivity index (χ4n) is 3.65. The molecule has 0 fully saturated rings. The quantitative estimate of drug-likeness (QED) is 0.323. The summed E-state index contributed by atoms with van der Waals surface area (Å²) in [5.41, 5.74) is 7.78. The minimum atomic E-state index is -0.161. The molecule has 32 heavy (non-hydrogen) atoms. The summed E-state index contributed by atoms with van der Waals surface area (Å²) in [5, 5.41) is 0. The molecule has 0 unspecified atom stereocenters. The van der Waals surface area contributed by atoms with Gasteiger partial charge in [0, 0.05) is 17.5 Å². The molecule has 0 atom stereocenters. The van der Waals surface area contributed by atoms with Gasteiger partial charge in [0.1, 0.15) is 12.4 Å². The van der Waals surface area contributed by atoms with Crippen LogP contribution in [0.2, 0.25) is 0 Å². The van der Waals surface area contributed by atoms with Crippen LogP contribution in [-0.2, 0) is 29.0 Å². The number of ether oxygens (including phenoxy) is 2. The zero-order valence-electron chi connectivity index (χ0n) is 19.4. The second kappa shape index (κ2) is 11.1. The molecular weight excluding hydrogens is 418 g/mol. The summed E-state index contributed by atoms with van der Waals surface area (Å²) in [6.45, 7) is 12.9. The van der Waals surface area contributed by atoms with Gasteiger partial charge in [0.05, 0.1) is 17.2 Å². The van der Waals surface area contributed by atoms with Gasteiger partial charge in [-0.2, -0.15) is 4.37 Å². The van der Waals surface area contributed by atoms with E-state index in [1.165, 1.54) is 17.1 Å². The highest BCUT2D eigenvalue weighted by Crippen LogP contribution is 2.32. The largest absolute Gasteiger partial charge is 0.488 e. The number of aromatic nitrogens is 1. The first-order valence-electron chi connectivity index (χ1n) is 11.1. The van der Waals surface area contributed by atoms with Gasteiger partial charge >= 0.3 is 5.97 Å². The van der Waals surface area contributed by atoms with Gasteiger partial charge in [-0.05, 0) is 73.5 Å². The minimum Gasteiger partial charge on any atom is -0.488 e. The normalized spacial score (nSPS) is 10.8. The molecule has 0 N–H and O–H groups in total. The first-order chi connectivity index (χ1) is 15.5. The van der Waals surface area contributed by atoms with E-state index >= 15 is 0 Å². The molecule has 1 aromatic heterocycles. The van der Waals surface area contributed by atoms with Gasteiger partial charge in [0.25, 0.3) is 0 Å². The van der Waals surface area contributed by atoms with Crippen molar-refractivity contribution in [3.63, 3.8) is 0 Å². The Balaban J connectivity index is 1.77. The summed E-state index contributed by atoms with van der Waals surface area (Å²) < 4.78 is 16.0. The maximum absolute atomic E-state index is 11.7. The number of hydrogen-bond acceptors (Lipinski definition) is 5. The van der Waals surface area contributed by atoms with Gasteiger partial charge < -0.3 is 9.47 Å². The number of nitrogens with zero attached hydrogens (tertiary/aromatic N) is 1. The second-order valence-electron chi connectivity index (χ2n) is 7.70. The molecule has 3 rings (SSSR count). The van der Waals surface area contributed by atoms with Gasteiger partial charge in [0.15, 0.2) is 0 Å². The molecule has 1 heterocycles. The van der Waals surface area contributed by atoms with E-state index in [0.29, 0.717) is 26.1 Å². The van der Waals surface area contributed by atoms with Gasteiger partial charge in [-0.15, -0.1) is 0 Å². The molecule has 0 radical (unpaired) electrons. The number of carbonyl (C=O) groups excluding carboxylic acids is 1. The monoisotopic (exact) mass is 449 g/mol. The predicted octanol–water partition coefficient (Wildman–Crippen LogP) is 6.71. The number of aryl methyl sites for hydroxylation is 2. The standard InChI is InChI=1S/C27H31NO3S/c1-6-20-9-11-22(12-10-20)27-23(25(7-2)32-28-27)17-31-24-15-13-21(18(4)19(24)5)14-16-26(29)30-8-3/h7,9-13,15H,2,6,8,14,16-17H2,1,3-5H3. The van der Waals surface area contributed by atoms with E-state index in [2.05, 4.69) is 56.0 Å². The molecular formula is C27H31NO3S. The maximum atomic E-state index is 11.7. The Kier molecular flexibility index (Phi) is 8.23. The fourth-order valence-corrected chi connectivity index (χ4v) is 4.39. The number of rotatable bonds is 10. The Morgan fingerprint density at radius 1 is 1.09 bits per heavy atom. The molecule has 0 saturated heterocycles. The Morgan fingerprint density at radius 2 is 1.84 bits per heavy atom. The highest BCUT2D eigenvalue weighted by Gasteiger charge is 2.16. The molecule has 168 valence electrons. The van der Waals surface area contributed by atoms with Crippen LogP contribution in [-0.4, -0.2) is 16.9 Å². The van der Waals surface area contributed by atoms with Crippen LogP contribution in [0, 0.1) is 13.8 Å². The summed E-state index contributed by atoms with van der Waals surface area (Å²) in [6, 6.07) is 12.6. The van der Waals surface area contributed by atoms with Crippen LogP contribution in [0.1, 0.15) is 53.0 Å². The average Bonchev–Trinajstić information content (AvgIpc) is 3.22. The zero-order valence-corrected chi connectivity index (χ0v) is 20.2. The Morgan fingerprint density at radius 3 is 2.50 bits per heavy atom. The van der Waals surface area contributed by atoms with E-state index in [0.717, 1.165) is 50.6 Å². The number of hydrogen-bond donors (Lipinski definition) is 0. The molecule has 5 heteroatoms. The third kappa shape index (κ3) is 5.46. The van der Waals surface area contributed by atoms with Crippen LogP contribution in [0.25, 0.3) is 17.3 Å². The van der Waals surface area contributed by atoms with Crippen molar-refractivity contribution in [3.8, 4) is 17.0 Å². The van der Waals surface area contributed by atoms with Crippen LogP contribution >= 0.6 is 11.5 Å². The highest BCUT2D eigenvalue weighted by atomic mass is 32.1. The summed E-state index contributed by atoms with van der Waals surface area (Å²) in [7, 11) is 0. The molecule has 3 aromatic rings. The van der Waals surface area contributed by atoms with E-state index in [4.69, 9.17) is 9.47 Å². The smallest absolute Gasteiger partial charge is 0.306 e. The van der Waals surface area contributed by atoms with E-state index in [1.54, 1.807) is 0 Å². The van der Waals surface area contributed by atoms with Crippen LogP contribution in [0.4, 0.5) is 0 Å². The molecule has 0 spiro atoms. The lowest BCUT2D eigenvalue weighted by Crippen LogP contribution is -2.06. The van der Waals surface area contributed by atoms with Crippen molar-refractivity contribution in [1.29, 1.82) is 0 Å². The molecule has 2 aromatic carbocycles. The Labute approximate surface area is 195 Å². The van der Waals surface area contributed by atoms with Crippen molar-refractivity contribution in [1.82, 2.24) is 4.37 Å². The topological polar surface area (TPSA) is 48.4 Å². The van der Waals surface area contributed by atoms with Gasteiger partial charge in [0.2, 0.25) is 0 Å². The Hall–Kier alpha value is -2.92. The summed E-state index contributed by atoms with van der Waals surface area (Å²) in [4.78, 5) is 12.7. The van der Waals surface area contributed by atoms with E-state index < -0.39 is 0 Å². The van der Waals surface area contributed by atoms with Gasteiger partial charge in [-0.25, -0.2) is 0 Å². The Bertz CT molecular complexity index is 1080.